The smallest absolute Gasteiger partial charge is 0.0738 e. The predicted octanol–water partition coefficient (Wildman–Crippen LogP) is 2.07. The van der Waals surface area contributed by atoms with Crippen LogP contribution in [-0.4, -0.2) is 18.8 Å². The molecule has 0 aliphatic heterocycles. The van der Waals surface area contributed by atoms with E-state index in [1.54, 1.807) is 0 Å². The monoisotopic (exact) mass is 202 g/mol. The summed E-state index contributed by atoms with van der Waals surface area (Å²) in [5, 5.41) is 0. The van der Waals surface area contributed by atoms with Crippen molar-refractivity contribution in [3.8, 4) is 0 Å². The summed E-state index contributed by atoms with van der Waals surface area (Å²) in [5.41, 5.74) is 2.88. The Morgan fingerprint density at radius 2 is 1.86 bits per heavy atom. The van der Waals surface area contributed by atoms with E-state index >= 15 is 0 Å². The first kappa shape index (κ1) is 13.9. The van der Waals surface area contributed by atoms with Gasteiger partial charge in [-0.05, 0) is 25.7 Å². The van der Waals surface area contributed by atoms with E-state index in [2.05, 4.69) is 26.2 Å². The molecule has 0 rings (SSSR count). The molecule has 0 amide bonds. The molecule has 0 radical (unpaired) electrons. The van der Waals surface area contributed by atoms with E-state index in [1.165, 1.54) is 6.42 Å². The van der Waals surface area contributed by atoms with Crippen molar-refractivity contribution in [1.29, 1.82) is 0 Å². The van der Waals surface area contributed by atoms with Crippen LogP contribution in [-0.2, 0) is 4.74 Å². The van der Waals surface area contributed by atoms with Crippen LogP contribution in [0.4, 0.5) is 0 Å². The molecule has 86 valence electrons. The highest BCUT2D eigenvalue weighted by molar-refractivity contribution is 4.76. The molecule has 0 spiro atoms. The van der Waals surface area contributed by atoms with Crippen LogP contribution in [0, 0.1) is 5.92 Å². The van der Waals surface area contributed by atoms with E-state index in [4.69, 9.17) is 10.6 Å². The number of rotatable bonds is 8. The van der Waals surface area contributed by atoms with Crippen molar-refractivity contribution >= 4 is 0 Å². The summed E-state index contributed by atoms with van der Waals surface area (Å²) in [6.45, 7) is 9.39. The van der Waals surface area contributed by atoms with Crippen molar-refractivity contribution in [2.45, 2.75) is 59.1 Å². The Morgan fingerprint density at radius 1 is 1.21 bits per heavy atom. The Hall–Kier alpha value is -0.120. The average molecular weight is 202 g/mol. The second-order valence-corrected chi connectivity index (χ2v) is 3.92. The number of nitrogens with two attached hydrogens (primary N) is 1. The Balaban J connectivity index is 4.06. The maximum Gasteiger partial charge on any atom is 0.0738 e. The summed E-state index contributed by atoms with van der Waals surface area (Å²) in [5.74, 6) is 6.25. The molecule has 14 heavy (non-hydrogen) atoms. The third-order valence-electron chi connectivity index (χ3n) is 2.80. The Morgan fingerprint density at radius 3 is 2.21 bits per heavy atom. The summed E-state index contributed by atoms with van der Waals surface area (Å²) in [6.07, 6.45) is 3.55. The van der Waals surface area contributed by atoms with Gasteiger partial charge in [0, 0.05) is 12.6 Å². The maximum atomic E-state index is 5.65. The van der Waals surface area contributed by atoms with E-state index in [0.29, 0.717) is 5.92 Å². The summed E-state index contributed by atoms with van der Waals surface area (Å²) in [6, 6.07) is 0.287. The number of hydrogen-bond acceptors (Lipinski definition) is 3. The third kappa shape index (κ3) is 4.94. The summed E-state index contributed by atoms with van der Waals surface area (Å²) < 4.78 is 5.65. The molecule has 0 aromatic rings. The molecule has 0 aromatic carbocycles. The van der Waals surface area contributed by atoms with Crippen molar-refractivity contribution < 1.29 is 4.74 Å². The zero-order valence-electron chi connectivity index (χ0n) is 10.0. The molecule has 3 atom stereocenters. The van der Waals surface area contributed by atoms with Crippen LogP contribution in [0.3, 0.4) is 0 Å². The fourth-order valence-electron chi connectivity index (χ4n) is 1.66. The fraction of sp³-hybridized carbons (Fsp3) is 1.00. The first-order valence-electron chi connectivity index (χ1n) is 5.77. The molecule has 0 heterocycles. The zero-order valence-corrected chi connectivity index (χ0v) is 10.0. The van der Waals surface area contributed by atoms with Gasteiger partial charge in [0.05, 0.1) is 6.10 Å². The molecule has 0 bridgehead atoms. The van der Waals surface area contributed by atoms with Gasteiger partial charge < -0.3 is 4.74 Å². The lowest BCUT2D eigenvalue weighted by molar-refractivity contribution is 0.0257. The van der Waals surface area contributed by atoms with Gasteiger partial charge in [0.2, 0.25) is 0 Å². The molecule has 3 unspecified atom stereocenters. The van der Waals surface area contributed by atoms with Crippen LogP contribution in [0.2, 0.25) is 0 Å². The number of hydrogen-bond donors (Lipinski definition) is 2. The van der Waals surface area contributed by atoms with Gasteiger partial charge in [-0.3, -0.25) is 11.3 Å². The molecule has 0 aliphatic rings. The Labute approximate surface area is 88.4 Å². The SMILES string of the molecule is CCOC(CC)C(CC(C)CC)NN. The molecule has 3 heteroatoms. The first-order valence-corrected chi connectivity index (χ1v) is 5.77. The van der Waals surface area contributed by atoms with Crippen molar-refractivity contribution in [2.24, 2.45) is 11.8 Å². The lowest BCUT2D eigenvalue weighted by Crippen LogP contribution is -2.45. The lowest BCUT2D eigenvalue weighted by Gasteiger charge is -2.27. The Bertz CT molecular complexity index is 130. The molecule has 0 saturated heterocycles. The van der Waals surface area contributed by atoms with Gasteiger partial charge in [-0.15, -0.1) is 0 Å². The van der Waals surface area contributed by atoms with E-state index in [-0.39, 0.29) is 12.1 Å². The highest BCUT2D eigenvalue weighted by Crippen LogP contribution is 2.15. The summed E-state index contributed by atoms with van der Waals surface area (Å²) in [7, 11) is 0. The topological polar surface area (TPSA) is 47.3 Å². The van der Waals surface area contributed by atoms with Crippen molar-refractivity contribution in [3.63, 3.8) is 0 Å². The fourth-order valence-corrected chi connectivity index (χ4v) is 1.66. The largest absolute Gasteiger partial charge is 0.377 e. The van der Waals surface area contributed by atoms with Gasteiger partial charge >= 0.3 is 0 Å². The van der Waals surface area contributed by atoms with Crippen LogP contribution in [0.1, 0.15) is 47.0 Å². The Kier molecular flexibility index (Phi) is 8.14. The zero-order chi connectivity index (χ0) is 11.0. The molecule has 0 fully saturated rings. The number of ether oxygens (including phenoxy) is 1. The summed E-state index contributed by atoms with van der Waals surface area (Å²) >= 11 is 0. The second-order valence-electron chi connectivity index (χ2n) is 3.92. The van der Waals surface area contributed by atoms with Crippen molar-refractivity contribution in [1.82, 2.24) is 5.43 Å². The van der Waals surface area contributed by atoms with Gasteiger partial charge in [0.25, 0.3) is 0 Å². The normalized spacial score (nSPS) is 17.8. The number of hydrazine groups is 1. The van der Waals surface area contributed by atoms with Crippen molar-refractivity contribution in [3.05, 3.63) is 0 Å². The van der Waals surface area contributed by atoms with Crippen LogP contribution < -0.4 is 11.3 Å². The van der Waals surface area contributed by atoms with E-state index < -0.39 is 0 Å². The molecule has 0 aromatic heterocycles. The number of nitrogens with one attached hydrogen (secondary N) is 1. The second kappa shape index (κ2) is 8.21. The minimum atomic E-state index is 0.249. The highest BCUT2D eigenvalue weighted by atomic mass is 16.5. The summed E-state index contributed by atoms with van der Waals surface area (Å²) in [4.78, 5) is 0. The average Bonchev–Trinajstić information content (AvgIpc) is 2.22. The first-order chi connectivity index (χ1) is 6.69. The van der Waals surface area contributed by atoms with Crippen LogP contribution in [0.5, 0.6) is 0 Å². The van der Waals surface area contributed by atoms with Gasteiger partial charge in [-0.25, -0.2) is 0 Å². The van der Waals surface area contributed by atoms with Crippen LogP contribution in [0.15, 0.2) is 0 Å². The standard InChI is InChI=1S/C11H26N2O/c1-5-9(4)8-10(13-12)11(6-2)14-7-3/h9-11,13H,5-8,12H2,1-4H3. The van der Waals surface area contributed by atoms with E-state index in [9.17, 15) is 0 Å². The molecule has 0 aliphatic carbocycles. The molecule has 3 N–H and O–H groups in total. The molecule has 0 saturated carbocycles. The van der Waals surface area contributed by atoms with E-state index in [0.717, 1.165) is 19.4 Å². The third-order valence-corrected chi connectivity index (χ3v) is 2.80. The van der Waals surface area contributed by atoms with Crippen molar-refractivity contribution in [2.75, 3.05) is 6.61 Å². The van der Waals surface area contributed by atoms with Gasteiger partial charge in [0.15, 0.2) is 0 Å². The highest BCUT2D eigenvalue weighted by Gasteiger charge is 2.20. The van der Waals surface area contributed by atoms with E-state index in [1.807, 2.05) is 6.92 Å². The predicted molar refractivity (Wildman–Crippen MR) is 60.9 cm³/mol. The van der Waals surface area contributed by atoms with Crippen LogP contribution in [0.25, 0.3) is 0 Å². The maximum absolute atomic E-state index is 5.65. The minimum absolute atomic E-state index is 0.249. The van der Waals surface area contributed by atoms with Gasteiger partial charge in [-0.1, -0.05) is 27.2 Å². The van der Waals surface area contributed by atoms with Gasteiger partial charge in [-0.2, -0.15) is 0 Å². The molecule has 3 nitrogen and oxygen atoms in total. The minimum Gasteiger partial charge on any atom is -0.377 e. The molecular formula is C11H26N2O. The van der Waals surface area contributed by atoms with Gasteiger partial charge in [0.1, 0.15) is 0 Å². The quantitative estimate of drug-likeness (QED) is 0.468. The van der Waals surface area contributed by atoms with Crippen LogP contribution >= 0.6 is 0 Å². The molecular weight excluding hydrogens is 176 g/mol. The lowest BCUT2D eigenvalue weighted by atomic mass is 9.95.